The molecular weight excluding hydrogens is 224 g/mol. The Morgan fingerprint density at radius 2 is 2.22 bits per heavy atom. The van der Waals surface area contributed by atoms with Gasteiger partial charge < -0.3 is 15.6 Å². The van der Waals surface area contributed by atoms with E-state index in [4.69, 9.17) is 5.73 Å². The van der Waals surface area contributed by atoms with Crippen LogP contribution in [0.2, 0.25) is 0 Å². The summed E-state index contributed by atoms with van der Waals surface area (Å²) in [5.74, 6) is 0. The minimum absolute atomic E-state index is 0.807. The van der Waals surface area contributed by atoms with Gasteiger partial charge in [-0.15, -0.1) is 0 Å². The van der Waals surface area contributed by atoms with Crippen molar-refractivity contribution in [2.75, 3.05) is 17.6 Å². The first-order valence-corrected chi connectivity index (χ1v) is 6.31. The van der Waals surface area contributed by atoms with Crippen LogP contribution in [-0.2, 0) is 6.54 Å². The number of nitrogen functional groups attached to an aromatic ring is 1. The minimum atomic E-state index is 0.807. The molecule has 3 N–H and O–H groups in total. The summed E-state index contributed by atoms with van der Waals surface area (Å²) in [6, 6.07) is 5.97. The zero-order valence-electron chi connectivity index (χ0n) is 10.8. The number of unbranched alkanes of at least 4 members (excludes halogenated alkanes) is 1. The van der Waals surface area contributed by atoms with E-state index in [-0.39, 0.29) is 0 Å². The lowest BCUT2D eigenvalue weighted by Crippen LogP contribution is -2.05. The Labute approximate surface area is 108 Å². The highest BCUT2D eigenvalue weighted by molar-refractivity contribution is 5.59. The summed E-state index contributed by atoms with van der Waals surface area (Å²) in [6.45, 7) is 4.09. The Morgan fingerprint density at radius 3 is 3.00 bits per heavy atom. The van der Waals surface area contributed by atoms with Crippen molar-refractivity contribution >= 4 is 11.4 Å². The predicted molar refractivity (Wildman–Crippen MR) is 75.5 cm³/mol. The number of nitrogens with one attached hydrogen (secondary N) is 1. The minimum Gasteiger partial charge on any atom is -0.399 e. The molecule has 0 atom stereocenters. The van der Waals surface area contributed by atoms with Gasteiger partial charge in [0.05, 0.1) is 6.33 Å². The molecule has 1 aromatic carbocycles. The lowest BCUT2D eigenvalue weighted by atomic mass is 10.2. The van der Waals surface area contributed by atoms with Gasteiger partial charge in [-0.25, -0.2) is 4.98 Å². The van der Waals surface area contributed by atoms with Crippen molar-refractivity contribution in [3.63, 3.8) is 0 Å². The summed E-state index contributed by atoms with van der Waals surface area (Å²) in [7, 11) is 0. The number of nitrogens with zero attached hydrogens (tertiary/aromatic N) is 2. The van der Waals surface area contributed by atoms with E-state index in [1.165, 1.54) is 5.56 Å². The molecule has 4 heteroatoms. The average molecular weight is 244 g/mol. The van der Waals surface area contributed by atoms with E-state index in [1.54, 1.807) is 0 Å². The fraction of sp³-hybridized carbons (Fsp3) is 0.357. The predicted octanol–water partition coefficient (Wildman–Crippen LogP) is 2.67. The third kappa shape index (κ3) is 3.52. The van der Waals surface area contributed by atoms with Crippen molar-refractivity contribution in [1.29, 1.82) is 0 Å². The number of anilines is 2. The van der Waals surface area contributed by atoms with Crippen LogP contribution in [0.4, 0.5) is 11.4 Å². The van der Waals surface area contributed by atoms with Gasteiger partial charge in [0.1, 0.15) is 0 Å². The van der Waals surface area contributed by atoms with Gasteiger partial charge in [-0.3, -0.25) is 0 Å². The van der Waals surface area contributed by atoms with E-state index in [0.29, 0.717) is 0 Å². The molecule has 2 aromatic rings. The molecule has 18 heavy (non-hydrogen) atoms. The molecule has 0 fully saturated rings. The number of rotatable bonds is 6. The standard InChI is InChI=1S/C14H20N4/c1-12-4-5-13(15)10-14(12)17-6-2-3-8-18-9-7-16-11-18/h4-5,7,9-11,17H,2-3,6,8,15H2,1H3. The largest absolute Gasteiger partial charge is 0.399 e. The normalized spacial score (nSPS) is 10.5. The van der Waals surface area contributed by atoms with E-state index in [2.05, 4.69) is 21.8 Å². The maximum absolute atomic E-state index is 5.77. The third-order valence-electron chi connectivity index (χ3n) is 2.98. The Balaban J connectivity index is 1.70. The van der Waals surface area contributed by atoms with Crippen molar-refractivity contribution in [2.45, 2.75) is 26.3 Å². The first-order chi connectivity index (χ1) is 8.75. The van der Waals surface area contributed by atoms with Gasteiger partial charge in [0, 0.05) is 36.9 Å². The molecule has 96 valence electrons. The highest BCUT2D eigenvalue weighted by Crippen LogP contribution is 2.17. The van der Waals surface area contributed by atoms with Gasteiger partial charge >= 0.3 is 0 Å². The van der Waals surface area contributed by atoms with Crippen LogP contribution in [0.25, 0.3) is 0 Å². The van der Waals surface area contributed by atoms with Gasteiger partial charge in [0.15, 0.2) is 0 Å². The second-order valence-corrected chi connectivity index (χ2v) is 4.51. The second kappa shape index (κ2) is 6.10. The highest BCUT2D eigenvalue weighted by Gasteiger charge is 1.98. The molecule has 0 amide bonds. The Bertz CT molecular complexity index is 477. The topological polar surface area (TPSA) is 55.9 Å². The molecule has 1 heterocycles. The lowest BCUT2D eigenvalue weighted by molar-refractivity contribution is 0.621. The van der Waals surface area contributed by atoms with Crippen molar-refractivity contribution in [3.8, 4) is 0 Å². The summed E-state index contributed by atoms with van der Waals surface area (Å²) in [4.78, 5) is 4.02. The molecule has 0 unspecified atom stereocenters. The molecule has 0 radical (unpaired) electrons. The molecule has 0 bridgehead atoms. The number of imidazole rings is 1. The molecule has 0 spiro atoms. The van der Waals surface area contributed by atoms with Crippen LogP contribution < -0.4 is 11.1 Å². The van der Waals surface area contributed by atoms with E-state index >= 15 is 0 Å². The maximum Gasteiger partial charge on any atom is 0.0945 e. The number of nitrogens with two attached hydrogens (primary N) is 1. The van der Waals surface area contributed by atoms with Gasteiger partial charge in [-0.1, -0.05) is 6.07 Å². The van der Waals surface area contributed by atoms with E-state index in [9.17, 15) is 0 Å². The van der Waals surface area contributed by atoms with Gasteiger partial charge in [0.25, 0.3) is 0 Å². The monoisotopic (exact) mass is 244 g/mol. The quantitative estimate of drug-likeness (QED) is 0.606. The maximum atomic E-state index is 5.77. The summed E-state index contributed by atoms with van der Waals surface area (Å²) in [5.41, 5.74) is 8.95. The SMILES string of the molecule is Cc1ccc(N)cc1NCCCCn1ccnc1. The highest BCUT2D eigenvalue weighted by atomic mass is 15.0. The fourth-order valence-corrected chi connectivity index (χ4v) is 1.89. The average Bonchev–Trinajstić information content (AvgIpc) is 2.86. The Kier molecular flexibility index (Phi) is 4.23. The van der Waals surface area contributed by atoms with Crippen LogP contribution in [0, 0.1) is 6.92 Å². The van der Waals surface area contributed by atoms with Crippen molar-refractivity contribution < 1.29 is 0 Å². The van der Waals surface area contributed by atoms with Crippen molar-refractivity contribution in [2.24, 2.45) is 0 Å². The third-order valence-corrected chi connectivity index (χ3v) is 2.98. The summed E-state index contributed by atoms with van der Waals surface area (Å²) in [6.07, 6.45) is 7.94. The summed E-state index contributed by atoms with van der Waals surface area (Å²) >= 11 is 0. The number of hydrogen-bond acceptors (Lipinski definition) is 3. The molecule has 2 rings (SSSR count). The summed E-state index contributed by atoms with van der Waals surface area (Å²) in [5, 5.41) is 3.43. The first-order valence-electron chi connectivity index (χ1n) is 6.31. The van der Waals surface area contributed by atoms with Crippen LogP contribution >= 0.6 is 0 Å². The van der Waals surface area contributed by atoms with Crippen LogP contribution in [0.5, 0.6) is 0 Å². The van der Waals surface area contributed by atoms with Crippen LogP contribution in [0.3, 0.4) is 0 Å². The van der Waals surface area contributed by atoms with Crippen LogP contribution in [0.15, 0.2) is 36.9 Å². The Morgan fingerprint density at radius 1 is 1.33 bits per heavy atom. The number of hydrogen-bond donors (Lipinski definition) is 2. The molecular formula is C14H20N4. The molecule has 0 aliphatic rings. The number of aromatic nitrogens is 2. The second-order valence-electron chi connectivity index (χ2n) is 4.51. The van der Waals surface area contributed by atoms with Gasteiger partial charge in [0.2, 0.25) is 0 Å². The van der Waals surface area contributed by atoms with Crippen molar-refractivity contribution in [1.82, 2.24) is 9.55 Å². The number of aryl methyl sites for hydroxylation is 2. The van der Waals surface area contributed by atoms with E-state index < -0.39 is 0 Å². The zero-order chi connectivity index (χ0) is 12.8. The molecule has 0 saturated carbocycles. The molecule has 0 saturated heterocycles. The zero-order valence-corrected chi connectivity index (χ0v) is 10.8. The van der Waals surface area contributed by atoms with Crippen LogP contribution in [0.1, 0.15) is 18.4 Å². The first kappa shape index (κ1) is 12.5. The van der Waals surface area contributed by atoms with Crippen molar-refractivity contribution in [3.05, 3.63) is 42.5 Å². The molecule has 4 nitrogen and oxygen atoms in total. The molecule has 0 aliphatic heterocycles. The lowest BCUT2D eigenvalue weighted by Gasteiger charge is -2.10. The fourth-order valence-electron chi connectivity index (χ4n) is 1.89. The summed E-state index contributed by atoms with van der Waals surface area (Å²) < 4.78 is 2.10. The van der Waals surface area contributed by atoms with Crippen LogP contribution in [-0.4, -0.2) is 16.1 Å². The molecule has 1 aromatic heterocycles. The van der Waals surface area contributed by atoms with E-state index in [0.717, 1.165) is 37.3 Å². The van der Waals surface area contributed by atoms with Gasteiger partial charge in [-0.2, -0.15) is 0 Å². The van der Waals surface area contributed by atoms with E-state index in [1.807, 2.05) is 36.9 Å². The smallest absolute Gasteiger partial charge is 0.0945 e. The Hall–Kier alpha value is -1.97. The number of benzene rings is 1. The molecule has 0 aliphatic carbocycles. The van der Waals surface area contributed by atoms with Gasteiger partial charge in [-0.05, 0) is 37.5 Å².